The molecule has 3 rings (SSSR count). The summed E-state index contributed by atoms with van der Waals surface area (Å²) in [6, 6.07) is 21.1. The molecule has 0 radical (unpaired) electrons. The molecule has 1 unspecified atom stereocenters. The van der Waals surface area contributed by atoms with Gasteiger partial charge in [-0.2, -0.15) is 13.2 Å². The van der Waals surface area contributed by atoms with Crippen LogP contribution in [0.4, 0.5) is 24.5 Å². The fourth-order valence-electron chi connectivity index (χ4n) is 2.87. The topological polar surface area (TPSA) is 58.2 Å². The number of carbonyl (C=O) groups excluding carboxylic acids is 2. The standard InChI is InChI=1S/C25H21F3N2O2S/c1-17(24(32)30-22-10-6-5-9-21(22)25(26,27)28)33-20-14-12-19(13-15-20)29-23(31)16-11-18-7-3-2-4-8-18/h2-17H,1H3,(H,29,31)(H,30,32)/b16-11+. The summed E-state index contributed by atoms with van der Waals surface area (Å²) in [7, 11) is 0. The lowest BCUT2D eigenvalue weighted by atomic mass is 10.1. The monoisotopic (exact) mass is 470 g/mol. The molecule has 0 aliphatic heterocycles. The quantitative estimate of drug-likeness (QED) is 0.307. The average Bonchev–Trinajstić information content (AvgIpc) is 2.79. The van der Waals surface area contributed by atoms with Gasteiger partial charge in [0.15, 0.2) is 0 Å². The molecule has 0 spiro atoms. The average molecular weight is 471 g/mol. The Balaban J connectivity index is 1.56. The van der Waals surface area contributed by atoms with Crippen LogP contribution >= 0.6 is 11.8 Å². The first-order valence-corrected chi connectivity index (χ1v) is 10.9. The number of rotatable bonds is 7. The maximum Gasteiger partial charge on any atom is 0.418 e. The Bertz CT molecular complexity index is 1130. The summed E-state index contributed by atoms with van der Waals surface area (Å²) in [4.78, 5) is 25.2. The highest BCUT2D eigenvalue weighted by Crippen LogP contribution is 2.35. The normalized spacial score (nSPS) is 12.4. The second-order valence-corrected chi connectivity index (χ2v) is 8.46. The lowest BCUT2D eigenvalue weighted by Gasteiger charge is -2.16. The smallest absolute Gasteiger partial charge is 0.325 e. The maximum absolute atomic E-state index is 13.1. The van der Waals surface area contributed by atoms with Crippen molar-refractivity contribution in [1.29, 1.82) is 0 Å². The molecular weight excluding hydrogens is 449 g/mol. The fraction of sp³-hybridized carbons (Fsp3) is 0.120. The molecule has 2 N–H and O–H groups in total. The highest BCUT2D eigenvalue weighted by molar-refractivity contribution is 8.00. The molecule has 4 nitrogen and oxygen atoms in total. The van der Waals surface area contributed by atoms with E-state index in [0.29, 0.717) is 5.69 Å². The zero-order valence-corrected chi connectivity index (χ0v) is 18.4. The van der Waals surface area contributed by atoms with Crippen molar-refractivity contribution in [1.82, 2.24) is 0 Å². The molecule has 1 atom stereocenters. The number of alkyl halides is 3. The number of hydrogen-bond acceptors (Lipinski definition) is 3. The van der Waals surface area contributed by atoms with Crippen LogP contribution in [0.5, 0.6) is 0 Å². The van der Waals surface area contributed by atoms with Gasteiger partial charge in [0.05, 0.1) is 16.5 Å². The molecule has 0 heterocycles. The Morgan fingerprint density at radius 2 is 1.52 bits per heavy atom. The second-order valence-electron chi connectivity index (χ2n) is 7.05. The Morgan fingerprint density at radius 1 is 0.879 bits per heavy atom. The molecule has 8 heteroatoms. The van der Waals surface area contributed by atoms with Gasteiger partial charge in [0.1, 0.15) is 0 Å². The Hall–Kier alpha value is -3.52. The minimum Gasteiger partial charge on any atom is -0.325 e. The Morgan fingerprint density at radius 3 is 2.18 bits per heavy atom. The van der Waals surface area contributed by atoms with Crippen LogP contribution in [0.2, 0.25) is 0 Å². The van der Waals surface area contributed by atoms with Crippen molar-refractivity contribution in [3.05, 3.63) is 96.1 Å². The van der Waals surface area contributed by atoms with Gasteiger partial charge in [-0.05, 0) is 55.0 Å². The number of hydrogen-bond donors (Lipinski definition) is 2. The number of amides is 2. The van der Waals surface area contributed by atoms with Crippen molar-refractivity contribution in [3.63, 3.8) is 0 Å². The van der Waals surface area contributed by atoms with Crippen LogP contribution in [-0.2, 0) is 15.8 Å². The van der Waals surface area contributed by atoms with Gasteiger partial charge in [-0.3, -0.25) is 9.59 Å². The van der Waals surface area contributed by atoms with Gasteiger partial charge in [0.2, 0.25) is 11.8 Å². The number of anilines is 2. The van der Waals surface area contributed by atoms with Crippen LogP contribution in [0.1, 0.15) is 18.1 Å². The summed E-state index contributed by atoms with van der Waals surface area (Å²) in [6.45, 7) is 1.61. The lowest BCUT2D eigenvalue weighted by molar-refractivity contribution is -0.137. The van der Waals surface area contributed by atoms with Gasteiger partial charge in [-0.1, -0.05) is 42.5 Å². The molecule has 3 aromatic rings. The van der Waals surface area contributed by atoms with Crippen LogP contribution in [0.3, 0.4) is 0 Å². The zero-order chi connectivity index (χ0) is 23.8. The molecule has 0 saturated carbocycles. The summed E-state index contributed by atoms with van der Waals surface area (Å²) in [5.41, 5.74) is 0.323. The predicted molar refractivity (Wildman–Crippen MR) is 126 cm³/mol. The first-order valence-electron chi connectivity index (χ1n) is 10.0. The molecule has 3 aromatic carbocycles. The molecule has 0 aromatic heterocycles. The number of benzene rings is 3. The van der Waals surface area contributed by atoms with E-state index in [2.05, 4.69) is 10.6 Å². The molecule has 2 amide bonds. The SMILES string of the molecule is CC(Sc1ccc(NC(=O)/C=C/c2ccccc2)cc1)C(=O)Nc1ccccc1C(F)(F)F. The van der Waals surface area contributed by atoms with Gasteiger partial charge >= 0.3 is 6.18 Å². The summed E-state index contributed by atoms with van der Waals surface area (Å²) in [6.07, 6.45) is -1.42. The largest absolute Gasteiger partial charge is 0.418 e. The highest BCUT2D eigenvalue weighted by Gasteiger charge is 2.33. The van der Waals surface area contributed by atoms with Gasteiger partial charge in [-0.25, -0.2) is 0 Å². The van der Waals surface area contributed by atoms with Crippen molar-refractivity contribution in [2.24, 2.45) is 0 Å². The highest BCUT2D eigenvalue weighted by atomic mass is 32.2. The first kappa shape index (κ1) is 24.1. The van der Waals surface area contributed by atoms with E-state index in [9.17, 15) is 22.8 Å². The van der Waals surface area contributed by atoms with Crippen molar-refractivity contribution >= 4 is 41.0 Å². The number of thioether (sulfide) groups is 1. The van der Waals surface area contributed by atoms with Gasteiger partial charge in [-0.15, -0.1) is 11.8 Å². The third-order valence-corrected chi connectivity index (χ3v) is 5.63. The molecule has 33 heavy (non-hydrogen) atoms. The molecule has 0 fully saturated rings. The van der Waals surface area contributed by atoms with Gasteiger partial charge in [0, 0.05) is 16.7 Å². The van der Waals surface area contributed by atoms with E-state index in [-0.39, 0.29) is 11.6 Å². The minimum absolute atomic E-state index is 0.274. The number of para-hydroxylation sites is 1. The van der Waals surface area contributed by atoms with E-state index < -0.39 is 22.9 Å². The summed E-state index contributed by atoms with van der Waals surface area (Å²) in [5.74, 6) is -0.824. The van der Waals surface area contributed by atoms with E-state index in [1.807, 2.05) is 30.3 Å². The number of halogens is 3. The lowest BCUT2D eigenvalue weighted by Crippen LogP contribution is -2.24. The predicted octanol–water partition coefficient (Wildman–Crippen LogP) is 6.48. The van der Waals surface area contributed by atoms with Crippen LogP contribution in [0.15, 0.2) is 89.8 Å². The van der Waals surface area contributed by atoms with Crippen molar-refractivity contribution < 1.29 is 22.8 Å². The summed E-state index contributed by atoms with van der Waals surface area (Å²) in [5, 5.41) is 4.47. The van der Waals surface area contributed by atoms with Crippen LogP contribution in [0, 0.1) is 0 Å². The van der Waals surface area contributed by atoms with E-state index in [4.69, 9.17) is 0 Å². The third-order valence-electron chi connectivity index (χ3n) is 4.52. The van der Waals surface area contributed by atoms with Crippen LogP contribution in [-0.4, -0.2) is 17.1 Å². The molecule has 170 valence electrons. The van der Waals surface area contributed by atoms with E-state index in [1.54, 1.807) is 37.3 Å². The summed E-state index contributed by atoms with van der Waals surface area (Å²) < 4.78 is 39.4. The first-order chi connectivity index (χ1) is 15.7. The summed E-state index contributed by atoms with van der Waals surface area (Å²) >= 11 is 1.20. The molecule has 0 aliphatic carbocycles. The Labute approximate surface area is 193 Å². The van der Waals surface area contributed by atoms with Crippen LogP contribution in [0.25, 0.3) is 6.08 Å². The van der Waals surface area contributed by atoms with Crippen molar-refractivity contribution in [2.75, 3.05) is 10.6 Å². The number of carbonyl (C=O) groups is 2. The molecular formula is C25H21F3N2O2S. The second kappa shape index (κ2) is 10.9. The van der Waals surface area contributed by atoms with Crippen molar-refractivity contribution in [2.45, 2.75) is 23.2 Å². The fourth-order valence-corrected chi connectivity index (χ4v) is 3.74. The van der Waals surface area contributed by atoms with E-state index >= 15 is 0 Å². The molecule has 0 bridgehead atoms. The maximum atomic E-state index is 13.1. The zero-order valence-electron chi connectivity index (χ0n) is 17.6. The molecule has 0 saturated heterocycles. The van der Waals surface area contributed by atoms with Crippen LogP contribution < -0.4 is 10.6 Å². The van der Waals surface area contributed by atoms with E-state index in [1.165, 1.54) is 36.0 Å². The van der Waals surface area contributed by atoms with Gasteiger partial charge in [0.25, 0.3) is 0 Å². The van der Waals surface area contributed by atoms with Crippen molar-refractivity contribution in [3.8, 4) is 0 Å². The van der Waals surface area contributed by atoms with E-state index in [0.717, 1.165) is 16.5 Å². The third kappa shape index (κ3) is 7.25. The Kier molecular flexibility index (Phi) is 7.95. The van der Waals surface area contributed by atoms with Gasteiger partial charge < -0.3 is 10.6 Å². The minimum atomic E-state index is -4.56. The molecule has 0 aliphatic rings. The number of nitrogens with one attached hydrogen (secondary N) is 2.